The van der Waals surface area contributed by atoms with Crippen LogP contribution in [-0.4, -0.2) is 20.0 Å². The van der Waals surface area contributed by atoms with E-state index < -0.39 is 0 Å². The standard InChI is InChI=1S/C10H12ClN5/c1-2-16-10(8(11)6-15-16)9(12)7-3-4-13-14-5-7/h3-6,9H,2,12H2,1H3. The molecule has 0 saturated carbocycles. The Morgan fingerprint density at radius 2 is 2.25 bits per heavy atom. The molecule has 2 aromatic rings. The molecule has 2 aromatic heterocycles. The zero-order valence-corrected chi connectivity index (χ0v) is 9.59. The average Bonchev–Trinajstić information content (AvgIpc) is 2.70. The quantitative estimate of drug-likeness (QED) is 0.876. The first-order valence-electron chi connectivity index (χ1n) is 4.97. The van der Waals surface area contributed by atoms with Gasteiger partial charge in [-0.05, 0) is 18.6 Å². The van der Waals surface area contributed by atoms with Crippen molar-refractivity contribution < 1.29 is 0 Å². The SMILES string of the molecule is CCn1ncc(Cl)c1C(N)c1ccnnc1. The van der Waals surface area contributed by atoms with Crippen molar-refractivity contribution in [2.45, 2.75) is 19.5 Å². The zero-order chi connectivity index (χ0) is 11.5. The van der Waals surface area contributed by atoms with Crippen LogP contribution in [0, 0.1) is 0 Å². The number of nitrogens with two attached hydrogens (primary N) is 1. The lowest BCUT2D eigenvalue weighted by Crippen LogP contribution is -2.17. The molecule has 84 valence electrons. The monoisotopic (exact) mass is 237 g/mol. The number of halogens is 1. The highest BCUT2D eigenvalue weighted by Gasteiger charge is 2.17. The molecule has 0 aliphatic rings. The fourth-order valence-electron chi connectivity index (χ4n) is 1.58. The highest BCUT2D eigenvalue weighted by Crippen LogP contribution is 2.25. The minimum absolute atomic E-state index is 0.328. The summed E-state index contributed by atoms with van der Waals surface area (Å²) in [5.41, 5.74) is 7.80. The summed E-state index contributed by atoms with van der Waals surface area (Å²) in [6, 6.07) is 1.49. The van der Waals surface area contributed by atoms with Crippen molar-refractivity contribution in [3.8, 4) is 0 Å². The normalized spacial score (nSPS) is 12.7. The van der Waals surface area contributed by atoms with E-state index in [-0.39, 0.29) is 6.04 Å². The predicted molar refractivity (Wildman–Crippen MR) is 61.0 cm³/mol. The van der Waals surface area contributed by atoms with Gasteiger partial charge in [0.05, 0.1) is 29.2 Å². The Labute approximate surface area is 98.2 Å². The van der Waals surface area contributed by atoms with E-state index in [1.807, 2.05) is 13.0 Å². The lowest BCUT2D eigenvalue weighted by atomic mass is 10.1. The van der Waals surface area contributed by atoms with Crippen molar-refractivity contribution >= 4 is 11.6 Å². The Kier molecular flexibility index (Phi) is 3.17. The average molecular weight is 238 g/mol. The summed E-state index contributed by atoms with van der Waals surface area (Å²) < 4.78 is 1.79. The van der Waals surface area contributed by atoms with Gasteiger partial charge < -0.3 is 5.73 Å². The summed E-state index contributed by atoms with van der Waals surface area (Å²) in [5, 5.41) is 12.2. The number of hydrogen-bond donors (Lipinski definition) is 1. The van der Waals surface area contributed by atoms with E-state index in [1.54, 1.807) is 23.3 Å². The molecular weight excluding hydrogens is 226 g/mol. The molecule has 5 nitrogen and oxygen atoms in total. The molecule has 0 aliphatic heterocycles. The second-order valence-electron chi connectivity index (χ2n) is 3.35. The van der Waals surface area contributed by atoms with Crippen molar-refractivity contribution in [1.29, 1.82) is 0 Å². The van der Waals surface area contributed by atoms with Gasteiger partial charge in [0.2, 0.25) is 0 Å². The predicted octanol–water partition coefficient (Wildman–Crippen LogP) is 1.39. The Bertz CT molecular complexity index is 467. The van der Waals surface area contributed by atoms with Gasteiger partial charge in [0.1, 0.15) is 0 Å². The molecule has 16 heavy (non-hydrogen) atoms. The molecule has 0 aliphatic carbocycles. The van der Waals surface area contributed by atoms with E-state index in [2.05, 4.69) is 15.3 Å². The fraction of sp³-hybridized carbons (Fsp3) is 0.300. The van der Waals surface area contributed by atoms with Crippen molar-refractivity contribution in [2.75, 3.05) is 0 Å². The van der Waals surface area contributed by atoms with Crippen LogP contribution >= 0.6 is 11.6 Å². The largest absolute Gasteiger partial charge is 0.319 e. The summed E-state index contributed by atoms with van der Waals surface area (Å²) >= 11 is 6.07. The van der Waals surface area contributed by atoms with Crippen LogP contribution in [0.5, 0.6) is 0 Å². The first kappa shape index (κ1) is 11.0. The second kappa shape index (κ2) is 4.59. The summed E-state index contributed by atoms with van der Waals surface area (Å²) in [4.78, 5) is 0. The van der Waals surface area contributed by atoms with E-state index in [4.69, 9.17) is 17.3 Å². The molecule has 2 N–H and O–H groups in total. The first-order chi connectivity index (χ1) is 7.74. The third kappa shape index (κ3) is 1.91. The van der Waals surface area contributed by atoms with Gasteiger partial charge in [-0.15, -0.1) is 0 Å². The molecule has 2 rings (SSSR count). The highest BCUT2D eigenvalue weighted by molar-refractivity contribution is 6.31. The molecule has 0 aromatic carbocycles. The fourth-order valence-corrected chi connectivity index (χ4v) is 1.83. The Morgan fingerprint density at radius 1 is 1.44 bits per heavy atom. The highest BCUT2D eigenvalue weighted by atomic mass is 35.5. The van der Waals surface area contributed by atoms with Crippen molar-refractivity contribution in [1.82, 2.24) is 20.0 Å². The Balaban J connectivity index is 2.41. The number of hydrogen-bond acceptors (Lipinski definition) is 4. The minimum atomic E-state index is -0.328. The van der Waals surface area contributed by atoms with Crippen LogP contribution in [0.1, 0.15) is 24.2 Å². The van der Waals surface area contributed by atoms with Gasteiger partial charge in [-0.1, -0.05) is 11.6 Å². The molecule has 2 heterocycles. The van der Waals surface area contributed by atoms with Crippen LogP contribution in [0.4, 0.5) is 0 Å². The van der Waals surface area contributed by atoms with Gasteiger partial charge in [-0.25, -0.2) is 0 Å². The summed E-state index contributed by atoms with van der Waals surface area (Å²) in [7, 11) is 0. The van der Waals surface area contributed by atoms with Crippen LogP contribution in [-0.2, 0) is 6.54 Å². The molecular formula is C10H12ClN5. The van der Waals surface area contributed by atoms with Gasteiger partial charge in [0.25, 0.3) is 0 Å². The molecule has 1 atom stereocenters. The lowest BCUT2D eigenvalue weighted by molar-refractivity contribution is 0.600. The zero-order valence-electron chi connectivity index (χ0n) is 8.84. The number of aryl methyl sites for hydroxylation is 1. The van der Waals surface area contributed by atoms with Crippen LogP contribution in [0.15, 0.2) is 24.7 Å². The van der Waals surface area contributed by atoms with E-state index in [9.17, 15) is 0 Å². The smallest absolute Gasteiger partial charge is 0.0837 e. The third-order valence-electron chi connectivity index (χ3n) is 2.39. The van der Waals surface area contributed by atoms with Crippen LogP contribution in [0.2, 0.25) is 5.02 Å². The van der Waals surface area contributed by atoms with Crippen LogP contribution in [0.3, 0.4) is 0 Å². The summed E-state index contributed by atoms with van der Waals surface area (Å²) in [6.07, 6.45) is 4.85. The van der Waals surface area contributed by atoms with Crippen molar-refractivity contribution in [3.63, 3.8) is 0 Å². The minimum Gasteiger partial charge on any atom is -0.319 e. The molecule has 0 fully saturated rings. The maximum Gasteiger partial charge on any atom is 0.0837 e. The van der Waals surface area contributed by atoms with Crippen LogP contribution < -0.4 is 5.73 Å². The molecule has 1 unspecified atom stereocenters. The molecule has 0 saturated heterocycles. The Hall–Kier alpha value is -1.46. The van der Waals surface area contributed by atoms with E-state index in [0.29, 0.717) is 5.02 Å². The van der Waals surface area contributed by atoms with Gasteiger partial charge in [0, 0.05) is 12.7 Å². The first-order valence-corrected chi connectivity index (χ1v) is 5.35. The summed E-state index contributed by atoms with van der Waals surface area (Å²) in [5.74, 6) is 0. The van der Waals surface area contributed by atoms with Gasteiger partial charge in [-0.2, -0.15) is 15.3 Å². The number of aromatic nitrogens is 4. The molecule has 0 radical (unpaired) electrons. The maximum absolute atomic E-state index is 6.12. The third-order valence-corrected chi connectivity index (χ3v) is 2.68. The van der Waals surface area contributed by atoms with Crippen LogP contribution in [0.25, 0.3) is 0 Å². The molecule has 0 bridgehead atoms. The lowest BCUT2D eigenvalue weighted by Gasteiger charge is -2.13. The topological polar surface area (TPSA) is 69.6 Å². The molecule has 0 amide bonds. The van der Waals surface area contributed by atoms with Gasteiger partial charge in [0.15, 0.2) is 0 Å². The van der Waals surface area contributed by atoms with Gasteiger partial charge >= 0.3 is 0 Å². The van der Waals surface area contributed by atoms with E-state index >= 15 is 0 Å². The van der Waals surface area contributed by atoms with E-state index in [0.717, 1.165) is 17.8 Å². The van der Waals surface area contributed by atoms with Crippen molar-refractivity contribution in [3.05, 3.63) is 40.9 Å². The van der Waals surface area contributed by atoms with Gasteiger partial charge in [-0.3, -0.25) is 4.68 Å². The Morgan fingerprint density at radius 3 is 2.88 bits per heavy atom. The number of rotatable bonds is 3. The summed E-state index contributed by atoms with van der Waals surface area (Å²) in [6.45, 7) is 2.72. The molecule has 0 spiro atoms. The maximum atomic E-state index is 6.12. The second-order valence-corrected chi connectivity index (χ2v) is 3.75. The number of nitrogens with zero attached hydrogens (tertiary/aromatic N) is 4. The van der Waals surface area contributed by atoms with Crippen molar-refractivity contribution in [2.24, 2.45) is 5.73 Å². The molecule has 6 heteroatoms. The van der Waals surface area contributed by atoms with E-state index in [1.165, 1.54) is 0 Å².